The Morgan fingerprint density at radius 3 is 2.23 bits per heavy atom. The summed E-state index contributed by atoms with van der Waals surface area (Å²) in [5.74, 6) is -2.45. The van der Waals surface area contributed by atoms with E-state index in [0.29, 0.717) is 17.3 Å². The number of carboxylic acid groups (broad SMARTS) is 1. The Kier molecular flexibility index (Phi) is 5.08. The zero-order valence-electron chi connectivity index (χ0n) is 15.3. The van der Waals surface area contributed by atoms with E-state index in [4.69, 9.17) is 0 Å². The van der Waals surface area contributed by atoms with Crippen molar-refractivity contribution in [2.75, 3.05) is 4.90 Å². The highest BCUT2D eigenvalue weighted by atomic mass is 19.1. The lowest BCUT2D eigenvalue weighted by Gasteiger charge is -2.23. The Labute approximate surface area is 169 Å². The summed E-state index contributed by atoms with van der Waals surface area (Å²) in [6, 6.07) is 15.1. The van der Waals surface area contributed by atoms with Crippen LogP contribution in [-0.2, 0) is 0 Å². The molecule has 0 radical (unpaired) electrons. The first-order valence-electron chi connectivity index (χ1n) is 8.73. The quantitative estimate of drug-likeness (QED) is 0.493. The van der Waals surface area contributed by atoms with Gasteiger partial charge in [0.1, 0.15) is 11.6 Å². The van der Waals surface area contributed by atoms with E-state index in [1.54, 1.807) is 59.8 Å². The number of anilines is 3. The van der Waals surface area contributed by atoms with Crippen LogP contribution in [0.5, 0.6) is 0 Å². The Morgan fingerprint density at radius 1 is 0.833 bits per heavy atom. The minimum absolute atomic E-state index is 0.0279. The Balaban J connectivity index is 1.86. The average Bonchev–Trinajstić information content (AvgIpc) is 2.75. The molecular weight excluding hydrogens is 392 g/mol. The molecule has 0 saturated heterocycles. The van der Waals surface area contributed by atoms with Gasteiger partial charge in [-0.3, -0.25) is 9.88 Å². The second-order valence-corrected chi connectivity index (χ2v) is 6.08. The summed E-state index contributed by atoms with van der Waals surface area (Å²) in [6.45, 7) is 0. The summed E-state index contributed by atoms with van der Waals surface area (Å²) >= 11 is 0. The van der Waals surface area contributed by atoms with E-state index in [-0.39, 0.29) is 17.0 Å². The van der Waals surface area contributed by atoms with Gasteiger partial charge >= 0.3 is 5.97 Å². The van der Waals surface area contributed by atoms with E-state index in [2.05, 4.69) is 19.9 Å². The first-order valence-corrected chi connectivity index (χ1v) is 8.73. The minimum Gasteiger partial charge on any atom is -0.477 e. The Morgan fingerprint density at radius 2 is 1.53 bits per heavy atom. The summed E-state index contributed by atoms with van der Waals surface area (Å²) in [4.78, 5) is 28.8. The van der Waals surface area contributed by atoms with Gasteiger partial charge in [-0.25, -0.2) is 14.8 Å². The molecular formula is C21H13F2N5O2. The van der Waals surface area contributed by atoms with Crippen molar-refractivity contribution in [1.29, 1.82) is 0 Å². The summed E-state index contributed by atoms with van der Waals surface area (Å²) in [5.41, 5.74) is 0.727. The topological polar surface area (TPSA) is 92.1 Å². The molecule has 0 aromatic carbocycles. The molecule has 7 nitrogen and oxygen atoms in total. The minimum atomic E-state index is -1.17. The first-order chi connectivity index (χ1) is 14.5. The fraction of sp³-hybridized carbons (Fsp3) is 0. The van der Waals surface area contributed by atoms with Crippen LogP contribution in [-0.4, -0.2) is 31.0 Å². The summed E-state index contributed by atoms with van der Waals surface area (Å²) in [6.07, 6.45) is 3.13. The zero-order chi connectivity index (χ0) is 21.1. The lowest BCUT2D eigenvalue weighted by molar-refractivity contribution is 0.0690. The molecule has 0 aliphatic heterocycles. The predicted molar refractivity (Wildman–Crippen MR) is 105 cm³/mol. The number of carbonyl (C=O) groups is 1. The molecule has 4 aromatic heterocycles. The predicted octanol–water partition coefficient (Wildman–Crippen LogP) is 4.38. The maximum absolute atomic E-state index is 14.2. The summed E-state index contributed by atoms with van der Waals surface area (Å²) in [5, 5.41) is 9.29. The number of hydrogen-bond donors (Lipinski definition) is 1. The smallest absolute Gasteiger partial charge is 0.354 e. The monoisotopic (exact) mass is 405 g/mol. The highest BCUT2D eigenvalue weighted by Gasteiger charge is 2.18. The molecule has 0 unspecified atom stereocenters. The number of pyridine rings is 4. The van der Waals surface area contributed by atoms with Gasteiger partial charge in [0, 0.05) is 12.4 Å². The van der Waals surface area contributed by atoms with E-state index in [1.165, 1.54) is 12.1 Å². The molecule has 0 saturated carbocycles. The average molecular weight is 405 g/mol. The van der Waals surface area contributed by atoms with Crippen molar-refractivity contribution in [3.05, 3.63) is 90.6 Å². The Bertz CT molecular complexity index is 1220. The van der Waals surface area contributed by atoms with Gasteiger partial charge in [0.25, 0.3) is 0 Å². The fourth-order valence-electron chi connectivity index (χ4n) is 2.84. The second-order valence-electron chi connectivity index (χ2n) is 6.08. The van der Waals surface area contributed by atoms with E-state index < -0.39 is 17.9 Å². The van der Waals surface area contributed by atoms with Crippen LogP contribution in [0.2, 0.25) is 0 Å². The van der Waals surface area contributed by atoms with Crippen molar-refractivity contribution in [3.63, 3.8) is 0 Å². The number of aromatic carboxylic acids is 1. The molecule has 0 atom stereocenters. The molecule has 30 heavy (non-hydrogen) atoms. The maximum Gasteiger partial charge on any atom is 0.354 e. The Hall–Kier alpha value is -4.27. The van der Waals surface area contributed by atoms with Crippen LogP contribution in [0.3, 0.4) is 0 Å². The molecule has 4 aromatic rings. The number of rotatable bonds is 5. The summed E-state index contributed by atoms with van der Waals surface area (Å²) < 4.78 is 27.3. The van der Waals surface area contributed by atoms with Crippen molar-refractivity contribution >= 4 is 23.3 Å². The van der Waals surface area contributed by atoms with Crippen molar-refractivity contribution in [2.24, 2.45) is 0 Å². The van der Waals surface area contributed by atoms with Crippen LogP contribution in [0.15, 0.2) is 73.1 Å². The van der Waals surface area contributed by atoms with Crippen LogP contribution in [0.1, 0.15) is 10.5 Å². The van der Waals surface area contributed by atoms with Gasteiger partial charge in [0.2, 0.25) is 11.9 Å². The van der Waals surface area contributed by atoms with Crippen LogP contribution >= 0.6 is 0 Å². The maximum atomic E-state index is 14.2. The molecule has 148 valence electrons. The molecule has 0 amide bonds. The number of aromatic nitrogens is 4. The standard InChI is InChI=1S/C21H13F2N5O2/c22-17-8-7-14(20(23)27-17)15-3-1-5-18(25-15)28(13-9-11-24-12-10-13)19-6-2-4-16(26-19)21(29)30/h1-12H,(H,29,30). The fourth-order valence-corrected chi connectivity index (χ4v) is 2.84. The van der Waals surface area contributed by atoms with Gasteiger partial charge in [0.15, 0.2) is 5.69 Å². The lowest BCUT2D eigenvalue weighted by atomic mass is 10.2. The van der Waals surface area contributed by atoms with Crippen molar-refractivity contribution in [2.45, 2.75) is 0 Å². The molecule has 0 aliphatic carbocycles. The molecule has 4 heterocycles. The third kappa shape index (κ3) is 3.81. The molecule has 0 fully saturated rings. The highest BCUT2D eigenvalue weighted by Crippen LogP contribution is 2.33. The normalized spacial score (nSPS) is 10.6. The van der Waals surface area contributed by atoms with Gasteiger partial charge in [-0.15, -0.1) is 0 Å². The van der Waals surface area contributed by atoms with Gasteiger partial charge in [-0.2, -0.15) is 13.8 Å². The third-order valence-corrected chi connectivity index (χ3v) is 4.16. The molecule has 4 rings (SSSR count). The third-order valence-electron chi connectivity index (χ3n) is 4.16. The van der Waals surface area contributed by atoms with Crippen LogP contribution in [0, 0.1) is 11.9 Å². The molecule has 1 N–H and O–H groups in total. The van der Waals surface area contributed by atoms with E-state index in [1.807, 2.05) is 0 Å². The van der Waals surface area contributed by atoms with Crippen molar-refractivity contribution < 1.29 is 18.7 Å². The second kappa shape index (κ2) is 8.00. The first kappa shape index (κ1) is 19.1. The van der Waals surface area contributed by atoms with Crippen molar-refractivity contribution in [3.8, 4) is 11.3 Å². The van der Waals surface area contributed by atoms with Crippen molar-refractivity contribution in [1.82, 2.24) is 19.9 Å². The zero-order valence-corrected chi connectivity index (χ0v) is 15.3. The number of hydrogen-bond acceptors (Lipinski definition) is 6. The molecule has 0 bridgehead atoms. The number of nitrogens with zero attached hydrogens (tertiary/aromatic N) is 5. The van der Waals surface area contributed by atoms with Crippen LogP contribution < -0.4 is 4.90 Å². The SMILES string of the molecule is O=C(O)c1cccc(N(c2ccncc2)c2cccc(-c3ccc(F)nc3F)n2)n1. The molecule has 0 aliphatic rings. The van der Waals surface area contributed by atoms with Gasteiger partial charge < -0.3 is 5.11 Å². The van der Waals surface area contributed by atoms with E-state index in [9.17, 15) is 18.7 Å². The van der Waals surface area contributed by atoms with Gasteiger partial charge in [-0.1, -0.05) is 12.1 Å². The van der Waals surface area contributed by atoms with Crippen LogP contribution in [0.25, 0.3) is 11.3 Å². The lowest BCUT2D eigenvalue weighted by Crippen LogP contribution is -2.15. The van der Waals surface area contributed by atoms with Crippen LogP contribution in [0.4, 0.5) is 26.1 Å². The number of halogens is 2. The van der Waals surface area contributed by atoms with Gasteiger partial charge in [-0.05, 0) is 48.5 Å². The van der Waals surface area contributed by atoms with E-state index >= 15 is 0 Å². The molecule has 9 heteroatoms. The largest absolute Gasteiger partial charge is 0.477 e. The van der Waals surface area contributed by atoms with E-state index in [0.717, 1.165) is 6.07 Å². The summed E-state index contributed by atoms with van der Waals surface area (Å²) in [7, 11) is 0. The molecule has 0 spiro atoms. The highest BCUT2D eigenvalue weighted by molar-refractivity contribution is 5.86. The van der Waals surface area contributed by atoms with Gasteiger partial charge in [0.05, 0.1) is 16.9 Å². The number of carboxylic acids is 1.